The Morgan fingerprint density at radius 2 is 2.10 bits per heavy atom. The van der Waals surface area contributed by atoms with Gasteiger partial charge in [0, 0.05) is 29.7 Å². The van der Waals surface area contributed by atoms with Crippen LogP contribution in [-0.4, -0.2) is 27.4 Å². The number of halogens is 1. The van der Waals surface area contributed by atoms with Gasteiger partial charge >= 0.3 is 0 Å². The Morgan fingerprint density at radius 1 is 1.38 bits per heavy atom. The SMILES string of the molecule is CCCNS(=O)(=O)c1cc2c(cc1Br)CCN2C(=O)CC. The number of benzene rings is 1. The maximum absolute atomic E-state index is 12.3. The normalized spacial score (nSPS) is 14.3. The van der Waals surface area contributed by atoms with Crippen LogP contribution in [0.2, 0.25) is 0 Å². The van der Waals surface area contributed by atoms with Crippen LogP contribution in [0.1, 0.15) is 32.3 Å². The molecule has 0 aliphatic carbocycles. The zero-order chi connectivity index (χ0) is 15.6. The predicted octanol–water partition coefficient (Wildman–Crippen LogP) is 2.44. The van der Waals surface area contributed by atoms with Gasteiger partial charge in [0.25, 0.3) is 0 Å². The summed E-state index contributed by atoms with van der Waals surface area (Å²) in [4.78, 5) is 13.8. The van der Waals surface area contributed by atoms with Gasteiger partial charge in [-0.1, -0.05) is 13.8 Å². The lowest BCUT2D eigenvalue weighted by Gasteiger charge is -2.18. The molecule has 1 aromatic carbocycles. The minimum absolute atomic E-state index is 0.0148. The average molecular weight is 375 g/mol. The Hall–Kier alpha value is -0.920. The van der Waals surface area contributed by atoms with Crippen molar-refractivity contribution in [1.82, 2.24) is 4.72 Å². The number of nitrogens with one attached hydrogen (secondary N) is 1. The molecule has 0 radical (unpaired) electrons. The van der Waals surface area contributed by atoms with Crippen LogP contribution >= 0.6 is 15.9 Å². The molecule has 2 rings (SSSR count). The van der Waals surface area contributed by atoms with E-state index in [1.807, 2.05) is 6.92 Å². The maximum atomic E-state index is 12.3. The largest absolute Gasteiger partial charge is 0.312 e. The molecule has 0 bridgehead atoms. The third-order valence-corrected chi connectivity index (χ3v) is 5.88. The molecule has 5 nitrogen and oxygen atoms in total. The zero-order valence-electron chi connectivity index (χ0n) is 12.1. The van der Waals surface area contributed by atoms with Crippen LogP contribution in [0.4, 0.5) is 5.69 Å². The van der Waals surface area contributed by atoms with Gasteiger partial charge in [-0.25, -0.2) is 13.1 Å². The van der Waals surface area contributed by atoms with E-state index in [0.29, 0.717) is 29.7 Å². The molecule has 1 aromatic rings. The molecule has 21 heavy (non-hydrogen) atoms. The van der Waals surface area contributed by atoms with E-state index in [4.69, 9.17) is 0 Å². The summed E-state index contributed by atoms with van der Waals surface area (Å²) in [7, 11) is -3.57. The summed E-state index contributed by atoms with van der Waals surface area (Å²) in [6, 6.07) is 3.40. The molecular formula is C14H19BrN2O3S. The lowest BCUT2D eigenvalue weighted by atomic mass is 10.2. The van der Waals surface area contributed by atoms with E-state index in [1.54, 1.807) is 24.0 Å². The fraction of sp³-hybridized carbons (Fsp3) is 0.500. The van der Waals surface area contributed by atoms with Gasteiger partial charge in [0.1, 0.15) is 0 Å². The number of fused-ring (bicyclic) bond motifs is 1. The second kappa shape index (κ2) is 6.46. The summed E-state index contributed by atoms with van der Waals surface area (Å²) in [5.74, 6) is 0.0148. The van der Waals surface area contributed by atoms with Crippen LogP contribution in [0.3, 0.4) is 0 Å². The van der Waals surface area contributed by atoms with E-state index in [9.17, 15) is 13.2 Å². The Bertz CT molecular complexity index is 658. The Labute approximate surface area is 133 Å². The lowest BCUT2D eigenvalue weighted by Crippen LogP contribution is -2.28. The fourth-order valence-electron chi connectivity index (χ4n) is 2.36. The zero-order valence-corrected chi connectivity index (χ0v) is 14.6. The van der Waals surface area contributed by atoms with E-state index in [-0.39, 0.29) is 10.8 Å². The monoisotopic (exact) mass is 374 g/mol. The van der Waals surface area contributed by atoms with Crippen LogP contribution in [0.5, 0.6) is 0 Å². The standard InChI is InChI=1S/C14H19BrN2O3S/c1-3-6-16-21(19,20)13-9-12-10(8-11(13)15)5-7-17(12)14(18)4-2/h8-9,16H,3-7H2,1-2H3. The van der Waals surface area contributed by atoms with E-state index in [1.165, 1.54) is 0 Å². The number of carbonyl (C=O) groups is 1. The molecule has 0 saturated heterocycles. The number of rotatable bonds is 5. The van der Waals surface area contributed by atoms with Gasteiger partial charge in [0.15, 0.2) is 0 Å². The van der Waals surface area contributed by atoms with Gasteiger partial charge in [0.2, 0.25) is 15.9 Å². The summed E-state index contributed by atoms with van der Waals surface area (Å²) in [5.41, 5.74) is 1.71. The van der Waals surface area contributed by atoms with Crippen molar-refractivity contribution in [3.8, 4) is 0 Å². The molecule has 0 aromatic heterocycles. The second-order valence-corrected chi connectivity index (χ2v) is 7.55. The van der Waals surface area contributed by atoms with Crippen molar-refractivity contribution in [1.29, 1.82) is 0 Å². The van der Waals surface area contributed by atoms with E-state index < -0.39 is 10.0 Å². The van der Waals surface area contributed by atoms with Crippen molar-refractivity contribution < 1.29 is 13.2 Å². The molecule has 1 N–H and O–H groups in total. The highest BCUT2D eigenvalue weighted by Gasteiger charge is 2.27. The average Bonchev–Trinajstić information content (AvgIpc) is 2.86. The van der Waals surface area contributed by atoms with Crippen LogP contribution < -0.4 is 9.62 Å². The number of sulfonamides is 1. The third-order valence-electron chi connectivity index (χ3n) is 3.46. The Morgan fingerprint density at radius 3 is 2.71 bits per heavy atom. The quantitative estimate of drug-likeness (QED) is 0.860. The first-order valence-corrected chi connectivity index (χ1v) is 9.30. The van der Waals surface area contributed by atoms with Gasteiger partial charge in [0.05, 0.1) is 4.90 Å². The third kappa shape index (κ3) is 3.30. The molecular weight excluding hydrogens is 356 g/mol. The first-order chi connectivity index (χ1) is 9.90. The van der Waals surface area contributed by atoms with E-state index in [0.717, 1.165) is 18.4 Å². The first kappa shape index (κ1) is 16.5. The highest BCUT2D eigenvalue weighted by molar-refractivity contribution is 9.10. The van der Waals surface area contributed by atoms with Crippen molar-refractivity contribution in [3.63, 3.8) is 0 Å². The Balaban J connectivity index is 2.44. The molecule has 0 fully saturated rings. The van der Waals surface area contributed by atoms with Crippen LogP contribution in [0.25, 0.3) is 0 Å². The summed E-state index contributed by atoms with van der Waals surface area (Å²) in [5, 5.41) is 0. The molecule has 0 spiro atoms. The lowest BCUT2D eigenvalue weighted by molar-refractivity contribution is -0.118. The molecule has 1 aliphatic heterocycles. The van der Waals surface area contributed by atoms with Crippen molar-refractivity contribution in [3.05, 3.63) is 22.2 Å². The fourth-order valence-corrected chi connectivity index (χ4v) is 4.60. The first-order valence-electron chi connectivity index (χ1n) is 7.03. The number of hydrogen-bond donors (Lipinski definition) is 1. The number of carbonyl (C=O) groups excluding carboxylic acids is 1. The molecule has 1 amide bonds. The molecule has 1 aliphatic rings. The summed E-state index contributed by atoms with van der Waals surface area (Å²) in [6.45, 7) is 4.71. The van der Waals surface area contributed by atoms with Gasteiger partial charge in [-0.05, 0) is 46.5 Å². The van der Waals surface area contributed by atoms with Crippen molar-refractivity contribution in [2.45, 2.75) is 38.0 Å². The minimum atomic E-state index is -3.57. The van der Waals surface area contributed by atoms with Crippen molar-refractivity contribution in [2.24, 2.45) is 0 Å². The molecule has 1 heterocycles. The van der Waals surface area contributed by atoms with E-state index >= 15 is 0 Å². The van der Waals surface area contributed by atoms with Gasteiger partial charge < -0.3 is 4.90 Å². The number of hydrogen-bond acceptors (Lipinski definition) is 3. The number of amides is 1. The van der Waals surface area contributed by atoms with Crippen LogP contribution in [0.15, 0.2) is 21.5 Å². The van der Waals surface area contributed by atoms with Gasteiger partial charge in [-0.3, -0.25) is 4.79 Å². The number of nitrogens with zero attached hydrogens (tertiary/aromatic N) is 1. The summed E-state index contributed by atoms with van der Waals surface area (Å²) in [6.07, 6.45) is 1.89. The van der Waals surface area contributed by atoms with E-state index in [2.05, 4.69) is 20.7 Å². The Kier molecular flexibility index (Phi) is 5.06. The maximum Gasteiger partial charge on any atom is 0.241 e. The van der Waals surface area contributed by atoms with Gasteiger partial charge in [-0.15, -0.1) is 0 Å². The van der Waals surface area contributed by atoms with Crippen molar-refractivity contribution in [2.75, 3.05) is 18.0 Å². The highest BCUT2D eigenvalue weighted by Crippen LogP contribution is 2.35. The molecule has 0 saturated carbocycles. The summed E-state index contributed by atoms with van der Waals surface area (Å²) < 4.78 is 27.7. The second-order valence-electron chi connectivity index (χ2n) is 4.96. The molecule has 0 unspecified atom stereocenters. The predicted molar refractivity (Wildman–Crippen MR) is 86.0 cm³/mol. The highest BCUT2D eigenvalue weighted by atomic mass is 79.9. The van der Waals surface area contributed by atoms with Crippen LogP contribution in [-0.2, 0) is 21.2 Å². The van der Waals surface area contributed by atoms with Crippen molar-refractivity contribution >= 4 is 37.5 Å². The minimum Gasteiger partial charge on any atom is -0.312 e. The summed E-state index contributed by atoms with van der Waals surface area (Å²) >= 11 is 3.33. The molecule has 7 heteroatoms. The van der Waals surface area contributed by atoms with Gasteiger partial charge in [-0.2, -0.15) is 0 Å². The molecule has 0 atom stereocenters. The topological polar surface area (TPSA) is 66.5 Å². The van der Waals surface area contributed by atoms with Crippen LogP contribution in [0, 0.1) is 0 Å². The number of anilines is 1. The smallest absolute Gasteiger partial charge is 0.241 e. The molecule has 116 valence electrons.